The van der Waals surface area contributed by atoms with E-state index in [9.17, 15) is 0 Å². The SMILES string of the molecule is CN=C(NC)SCc1c2ccccc2cc2ccccc12. The molecule has 0 bridgehead atoms. The van der Waals surface area contributed by atoms with Gasteiger partial charge in [0.25, 0.3) is 0 Å². The molecule has 0 aliphatic heterocycles. The zero-order valence-corrected chi connectivity index (χ0v) is 13.1. The van der Waals surface area contributed by atoms with Gasteiger partial charge in [0.1, 0.15) is 0 Å². The minimum absolute atomic E-state index is 0.912. The fraction of sp³-hybridized carbons (Fsp3) is 0.167. The van der Waals surface area contributed by atoms with Crippen LogP contribution in [0.4, 0.5) is 0 Å². The number of benzene rings is 3. The summed E-state index contributed by atoms with van der Waals surface area (Å²) in [4.78, 5) is 4.25. The quantitative estimate of drug-likeness (QED) is 0.429. The van der Waals surface area contributed by atoms with Crippen LogP contribution in [0.3, 0.4) is 0 Å². The van der Waals surface area contributed by atoms with Crippen LogP contribution in [-0.2, 0) is 5.75 Å². The summed E-state index contributed by atoms with van der Waals surface area (Å²) in [5.74, 6) is 0.912. The standard InChI is InChI=1S/C18H18N2S/c1-19-18(20-2)21-12-17-15-9-5-3-7-13(15)11-14-8-4-6-10-16(14)17/h3-11H,12H2,1-2H3,(H,19,20). The fourth-order valence-electron chi connectivity index (χ4n) is 2.65. The molecule has 0 amide bonds. The van der Waals surface area contributed by atoms with E-state index in [2.05, 4.69) is 64.9 Å². The zero-order valence-electron chi connectivity index (χ0n) is 12.3. The predicted molar refractivity (Wildman–Crippen MR) is 95.2 cm³/mol. The first-order valence-electron chi connectivity index (χ1n) is 7.00. The van der Waals surface area contributed by atoms with Crippen LogP contribution in [0.1, 0.15) is 5.56 Å². The Morgan fingerprint density at radius 3 is 2.10 bits per heavy atom. The Kier molecular flexibility index (Phi) is 4.11. The van der Waals surface area contributed by atoms with Gasteiger partial charge in [-0.2, -0.15) is 0 Å². The molecule has 0 atom stereocenters. The molecule has 21 heavy (non-hydrogen) atoms. The molecule has 0 radical (unpaired) electrons. The summed E-state index contributed by atoms with van der Waals surface area (Å²) in [5.41, 5.74) is 1.38. The number of thioether (sulfide) groups is 1. The van der Waals surface area contributed by atoms with Crippen molar-refractivity contribution >= 4 is 38.5 Å². The van der Waals surface area contributed by atoms with Crippen LogP contribution in [0.25, 0.3) is 21.5 Å². The van der Waals surface area contributed by atoms with E-state index in [0.717, 1.165) is 10.9 Å². The Morgan fingerprint density at radius 1 is 1.00 bits per heavy atom. The lowest BCUT2D eigenvalue weighted by atomic mass is 9.98. The van der Waals surface area contributed by atoms with Gasteiger partial charge in [0.2, 0.25) is 0 Å². The highest BCUT2D eigenvalue weighted by Crippen LogP contribution is 2.31. The van der Waals surface area contributed by atoms with Crippen LogP contribution in [0.5, 0.6) is 0 Å². The molecule has 106 valence electrons. The molecule has 0 aliphatic carbocycles. The van der Waals surface area contributed by atoms with Gasteiger partial charge >= 0.3 is 0 Å². The zero-order chi connectivity index (χ0) is 14.7. The van der Waals surface area contributed by atoms with Crippen LogP contribution in [0.2, 0.25) is 0 Å². The van der Waals surface area contributed by atoms with Crippen molar-refractivity contribution in [3.63, 3.8) is 0 Å². The largest absolute Gasteiger partial charge is 0.368 e. The summed E-state index contributed by atoms with van der Waals surface area (Å²) in [6.45, 7) is 0. The maximum Gasteiger partial charge on any atom is 0.156 e. The van der Waals surface area contributed by atoms with Gasteiger partial charge in [0.05, 0.1) is 0 Å². The molecular weight excluding hydrogens is 276 g/mol. The van der Waals surface area contributed by atoms with Crippen molar-refractivity contribution in [2.24, 2.45) is 4.99 Å². The van der Waals surface area contributed by atoms with E-state index in [4.69, 9.17) is 0 Å². The molecule has 0 saturated carbocycles. The lowest BCUT2D eigenvalue weighted by Gasteiger charge is -2.12. The second-order valence-corrected chi connectivity index (χ2v) is 5.83. The maximum absolute atomic E-state index is 4.25. The molecule has 3 aromatic carbocycles. The summed E-state index contributed by atoms with van der Waals surface area (Å²) in [7, 11) is 3.73. The van der Waals surface area contributed by atoms with Gasteiger partial charge in [-0.15, -0.1) is 0 Å². The van der Waals surface area contributed by atoms with Gasteiger partial charge in [-0.25, -0.2) is 0 Å². The molecule has 0 saturated heterocycles. The number of rotatable bonds is 2. The number of aliphatic imine (C=N–C) groups is 1. The number of nitrogens with one attached hydrogen (secondary N) is 1. The molecule has 2 nitrogen and oxygen atoms in total. The second kappa shape index (κ2) is 6.19. The highest BCUT2D eigenvalue weighted by molar-refractivity contribution is 8.13. The Balaban J connectivity index is 2.16. The fourth-order valence-corrected chi connectivity index (χ4v) is 3.52. The number of nitrogens with zero attached hydrogens (tertiary/aromatic N) is 1. The van der Waals surface area contributed by atoms with Crippen LogP contribution in [0.15, 0.2) is 59.6 Å². The molecule has 3 heteroatoms. The first kappa shape index (κ1) is 14.0. The third-order valence-corrected chi connectivity index (χ3v) is 4.75. The third kappa shape index (κ3) is 2.74. The van der Waals surface area contributed by atoms with Gasteiger partial charge in [-0.05, 0) is 33.2 Å². The average molecular weight is 294 g/mol. The molecule has 0 spiro atoms. The van der Waals surface area contributed by atoms with Gasteiger partial charge in [-0.1, -0.05) is 60.3 Å². The van der Waals surface area contributed by atoms with E-state index in [1.165, 1.54) is 27.1 Å². The number of amidine groups is 1. The lowest BCUT2D eigenvalue weighted by Crippen LogP contribution is -2.14. The Morgan fingerprint density at radius 2 is 1.57 bits per heavy atom. The molecule has 3 aromatic rings. The van der Waals surface area contributed by atoms with Crippen LogP contribution in [0, 0.1) is 0 Å². The number of fused-ring (bicyclic) bond motifs is 2. The summed E-state index contributed by atoms with van der Waals surface area (Å²) in [6, 6.07) is 19.5. The first-order chi connectivity index (χ1) is 10.3. The molecule has 0 aromatic heterocycles. The van der Waals surface area contributed by atoms with E-state index in [1.807, 2.05) is 14.1 Å². The molecular formula is C18H18N2S. The summed E-state index contributed by atoms with van der Waals surface area (Å²) < 4.78 is 0. The normalized spacial score (nSPS) is 12.0. The van der Waals surface area contributed by atoms with Crippen molar-refractivity contribution in [1.82, 2.24) is 5.32 Å². The minimum Gasteiger partial charge on any atom is -0.368 e. The highest BCUT2D eigenvalue weighted by Gasteiger charge is 2.08. The van der Waals surface area contributed by atoms with Crippen molar-refractivity contribution in [3.8, 4) is 0 Å². The van der Waals surface area contributed by atoms with Crippen LogP contribution < -0.4 is 5.32 Å². The van der Waals surface area contributed by atoms with E-state index in [-0.39, 0.29) is 0 Å². The van der Waals surface area contributed by atoms with Gasteiger partial charge in [0, 0.05) is 19.8 Å². The molecule has 1 N–H and O–H groups in total. The van der Waals surface area contributed by atoms with Crippen molar-refractivity contribution in [2.75, 3.05) is 14.1 Å². The highest BCUT2D eigenvalue weighted by atomic mass is 32.2. The summed E-state index contributed by atoms with van der Waals surface area (Å²) in [6.07, 6.45) is 0. The minimum atomic E-state index is 0.912. The molecule has 0 aliphatic rings. The van der Waals surface area contributed by atoms with Crippen LogP contribution >= 0.6 is 11.8 Å². The first-order valence-corrected chi connectivity index (χ1v) is 7.98. The second-order valence-electron chi connectivity index (χ2n) is 4.86. The average Bonchev–Trinajstić information content (AvgIpc) is 2.54. The monoisotopic (exact) mass is 294 g/mol. The molecule has 0 unspecified atom stereocenters. The molecule has 3 rings (SSSR count). The van der Waals surface area contributed by atoms with Crippen molar-refractivity contribution in [3.05, 3.63) is 60.2 Å². The summed E-state index contributed by atoms with van der Waals surface area (Å²) >= 11 is 1.74. The van der Waals surface area contributed by atoms with Crippen molar-refractivity contribution in [1.29, 1.82) is 0 Å². The third-order valence-electron chi connectivity index (χ3n) is 3.65. The Hall–Kier alpha value is -2.00. The van der Waals surface area contributed by atoms with E-state index in [0.29, 0.717) is 0 Å². The van der Waals surface area contributed by atoms with E-state index >= 15 is 0 Å². The maximum atomic E-state index is 4.25. The molecule has 0 heterocycles. The summed E-state index contributed by atoms with van der Waals surface area (Å²) in [5, 5.41) is 9.35. The van der Waals surface area contributed by atoms with Gasteiger partial charge in [-0.3, -0.25) is 4.99 Å². The van der Waals surface area contributed by atoms with Crippen molar-refractivity contribution < 1.29 is 0 Å². The predicted octanol–water partition coefficient (Wildman–Crippen LogP) is 4.43. The Labute approximate surface area is 129 Å². The van der Waals surface area contributed by atoms with Gasteiger partial charge in [0.15, 0.2) is 5.17 Å². The van der Waals surface area contributed by atoms with E-state index < -0.39 is 0 Å². The topological polar surface area (TPSA) is 24.4 Å². The smallest absolute Gasteiger partial charge is 0.156 e. The van der Waals surface area contributed by atoms with Crippen LogP contribution in [-0.4, -0.2) is 19.3 Å². The van der Waals surface area contributed by atoms with Gasteiger partial charge < -0.3 is 5.32 Å². The lowest BCUT2D eigenvalue weighted by molar-refractivity contribution is 1.18. The van der Waals surface area contributed by atoms with Crippen molar-refractivity contribution in [2.45, 2.75) is 5.75 Å². The van der Waals surface area contributed by atoms with E-state index in [1.54, 1.807) is 11.8 Å². The molecule has 0 fully saturated rings. The number of hydrogen-bond donors (Lipinski definition) is 1. The number of hydrogen-bond acceptors (Lipinski definition) is 2. The Bertz CT molecular complexity index is 755.